The molecule has 3 N–H and O–H groups in total. The molecule has 6 atom stereocenters. The standard InChI is InChI=1S/C81H158O17P2/c1-9-74(8)60-52-44-35-29-23-19-16-17-21-25-31-37-47-55-63-80(85)98-77(68-92-79(84)62-54-46-40-39-43-51-59-73(6)7)70-96-100(89,90)94-66-75(82)65-93-99(87,88)95-69-76(97-81(86)64-56-48-38-32-26-28-34-42-50-58-72(4)5)67-91-78(83)61-53-45-36-30-24-20-15-13-11-10-12-14-18-22-27-33-41-49-57-71(2)3/h71-77,82H,9-70H2,1-8H3,(H,87,88)(H,89,90)/t74?,75-,76-,77-/m1/s1. The first-order valence-corrected chi connectivity index (χ1v) is 44.7. The Hall–Kier alpha value is -1.94. The van der Waals surface area contributed by atoms with Crippen LogP contribution in [-0.2, 0) is 65.4 Å². The van der Waals surface area contributed by atoms with E-state index in [-0.39, 0.29) is 25.7 Å². The molecule has 0 radical (unpaired) electrons. The van der Waals surface area contributed by atoms with Crippen molar-refractivity contribution < 1.29 is 80.2 Å². The quantitative estimate of drug-likeness (QED) is 0.0222. The molecule has 100 heavy (non-hydrogen) atoms. The number of aliphatic hydroxyl groups is 1. The normalized spacial score (nSPS) is 14.3. The summed E-state index contributed by atoms with van der Waals surface area (Å²) in [7, 11) is -9.92. The molecule has 0 aromatic rings. The van der Waals surface area contributed by atoms with Crippen molar-refractivity contribution in [1.29, 1.82) is 0 Å². The van der Waals surface area contributed by atoms with Gasteiger partial charge in [-0.05, 0) is 49.4 Å². The highest BCUT2D eigenvalue weighted by Gasteiger charge is 2.30. The van der Waals surface area contributed by atoms with Gasteiger partial charge in [0.25, 0.3) is 0 Å². The summed E-state index contributed by atoms with van der Waals surface area (Å²) in [5.74, 6) is 0.967. The monoisotopic (exact) mass is 1470 g/mol. The van der Waals surface area contributed by atoms with E-state index in [0.29, 0.717) is 31.6 Å². The van der Waals surface area contributed by atoms with Crippen LogP contribution in [0.2, 0.25) is 0 Å². The van der Waals surface area contributed by atoms with Gasteiger partial charge < -0.3 is 33.8 Å². The summed E-state index contributed by atoms with van der Waals surface area (Å²) < 4.78 is 68.6. The third kappa shape index (κ3) is 73.0. The zero-order valence-electron chi connectivity index (χ0n) is 65.8. The fraction of sp³-hybridized carbons (Fsp3) is 0.951. The molecule has 0 rings (SSSR count). The summed E-state index contributed by atoms with van der Waals surface area (Å²) in [6.45, 7) is 14.2. The first-order chi connectivity index (χ1) is 48.1. The second kappa shape index (κ2) is 70.1. The maximum Gasteiger partial charge on any atom is 0.472 e. The van der Waals surface area contributed by atoms with Crippen LogP contribution in [0.5, 0.6) is 0 Å². The summed E-state index contributed by atoms with van der Waals surface area (Å²) in [4.78, 5) is 72.9. The van der Waals surface area contributed by atoms with E-state index in [1.165, 1.54) is 212 Å². The predicted octanol–water partition coefficient (Wildman–Crippen LogP) is 24.0. The van der Waals surface area contributed by atoms with Crippen LogP contribution in [0.4, 0.5) is 0 Å². The number of hydrogen-bond donors (Lipinski definition) is 3. The van der Waals surface area contributed by atoms with Gasteiger partial charge in [-0.1, -0.05) is 364 Å². The van der Waals surface area contributed by atoms with Crippen LogP contribution in [0.1, 0.15) is 415 Å². The second-order valence-electron chi connectivity index (χ2n) is 30.8. The summed E-state index contributed by atoms with van der Waals surface area (Å²) in [5, 5.41) is 10.6. The molecule has 0 aromatic heterocycles. The van der Waals surface area contributed by atoms with E-state index in [9.17, 15) is 43.2 Å². The Kier molecular flexibility index (Phi) is 68.7. The van der Waals surface area contributed by atoms with Crippen LogP contribution in [-0.4, -0.2) is 96.7 Å². The molecule has 0 aliphatic carbocycles. The van der Waals surface area contributed by atoms with Gasteiger partial charge in [0.15, 0.2) is 12.2 Å². The summed E-state index contributed by atoms with van der Waals surface area (Å²) >= 11 is 0. The number of phosphoric acid groups is 2. The Morgan fingerprint density at radius 1 is 0.280 bits per heavy atom. The van der Waals surface area contributed by atoms with Crippen molar-refractivity contribution >= 4 is 39.5 Å². The second-order valence-corrected chi connectivity index (χ2v) is 33.7. The van der Waals surface area contributed by atoms with E-state index in [2.05, 4.69) is 55.4 Å². The minimum absolute atomic E-state index is 0.105. The lowest BCUT2D eigenvalue weighted by Crippen LogP contribution is -2.30. The van der Waals surface area contributed by atoms with Crippen molar-refractivity contribution in [3.05, 3.63) is 0 Å². The fourth-order valence-corrected chi connectivity index (χ4v) is 14.0. The number of ether oxygens (including phenoxy) is 4. The number of carbonyl (C=O) groups is 4. The zero-order valence-corrected chi connectivity index (χ0v) is 67.6. The molecule has 0 saturated carbocycles. The van der Waals surface area contributed by atoms with E-state index in [4.69, 9.17) is 37.0 Å². The SMILES string of the molecule is CCC(C)CCCCCCCCCCCCCCCCC(=O)O[C@H](COC(=O)CCCCCCCCC(C)C)COP(=O)(O)OC[C@H](O)COP(=O)(O)OC[C@@H](COC(=O)CCCCCCCCCCCCCCCCCCCCC(C)C)OC(=O)CCCCCCCCCCCC(C)C. The lowest BCUT2D eigenvalue weighted by atomic mass is 9.99. The molecule has 0 bridgehead atoms. The van der Waals surface area contributed by atoms with Crippen molar-refractivity contribution in [2.75, 3.05) is 39.6 Å². The topological polar surface area (TPSA) is 237 Å². The smallest absolute Gasteiger partial charge is 0.462 e. The van der Waals surface area contributed by atoms with E-state index >= 15 is 0 Å². The van der Waals surface area contributed by atoms with Gasteiger partial charge in [0.2, 0.25) is 0 Å². The molecule has 0 aliphatic rings. The predicted molar refractivity (Wildman–Crippen MR) is 409 cm³/mol. The third-order valence-electron chi connectivity index (χ3n) is 19.2. The third-order valence-corrected chi connectivity index (χ3v) is 21.1. The van der Waals surface area contributed by atoms with E-state index < -0.39 is 97.5 Å². The molecule has 0 amide bonds. The lowest BCUT2D eigenvalue weighted by Gasteiger charge is -2.21. The molecule has 17 nitrogen and oxygen atoms in total. The highest BCUT2D eigenvalue weighted by atomic mass is 31.2. The average Bonchev–Trinajstić information content (AvgIpc) is 0.949. The first-order valence-electron chi connectivity index (χ1n) is 41.7. The molecule has 0 heterocycles. The fourth-order valence-electron chi connectivity index (χ4n) is 12.4. The Balaban J connectivity index is 5.16. The zero-order chi connectivity index (χ0) is 73.8. The minimum atomic E-state index is -4.96. The summed E-state index contributed by atoms with van der Waals surface area (Å²) in [6.07, 6.45) is 57.1. The number of rotatable bonds is 78. The van der Waals surface area contributed by atoms with Crippen LogP contribution >= 0.6 is 15.6 Å². The maximum absolute atomic E-state index is 13.1. The van der Waals surface area contributed by atoms with E-state index in [0.717, 1.165) is 114 Å². The van der Waals surface area contributed by atoms with Crippen molar-refractivity contribution in [3.8, 4) is 0 Å². The number of esters is 4. The first kappa shape index (κ1) is 98.1. The van der Waals surface area contributed by atoms with Gasteiger partial charge in [-0.25, -0.2) is 9.13 Å². The largest absolute Gasteiger partial charge is 0.472 e. The number of hydrogen-bond acceptors (Lipinski definition) is 15. The van der Waals surface area contributed by atoms with Crippen LogP contribution in [0.3, 0.4) is 0 Å². The van der Waals surface area contributed by atoms with Gasteiger partial charge in [0.05, 0.1) is 26.4 Å². The summed E-state index contributed by atoms with van der Waals surface area (Å²) in [5.41, 5.74) is 0. The highest BCUT2D eigenvalue weighted by Crippen LogP contribution is 2.45. The van der Waals surface area contributed by atoms with Crippen LogP contribution in [0.25, 0.3) is 0 Å². The number of phosphoric ester groups is 2. The summed E-state index contributed by atoms with van der Waals surface area (Å²) in [6, 6.07) is 0. The minimum Gasteiger partial charge on any atom is -0.462 e. The van der Waals surface area contributed by atoms with Crippen LogP contribution in [0.15, 0.2) is 0 Å². The number of carbonyl (C=O) groups excluding carboxylic acids is 4. The van der Waals surface area contributed by atoms with Crippen LogP contribution < -0.4 is 0 Å². The van der Waals surface area contributed by atoms with E-state index in [1.54, 1.807) is 0 Å². The molecule has 3 unspecified atom stereocenters. The average molecular weight is 1470 g/mol. The van der Waals surface area contributed by atoms with Crippen molar-refractivity contribution in [2.24, 2.45) is 23.7 Å². The molecule has 0 aromatic carbocycles. The van der Waals surface area contributed by atoms with Gasteiger partial charge in [0, 0.05) is 25.7 Å². The van der Waals surface area contributed by atoms with Gasteiger partial charge in [-0.15, -0.1) is 0 Å². The molecule has 19 heteroatoms. The maximum atomic E-state index is 13.1. The molecule has 0 saturated heterocycles. The van der Waals surface area contributed by atoms with Gasteiger partial charge >= 0.3 is 39.5 Å². The molecule has 0 fully saturated rings. The van der Waals surface area contributed by atoms with Crippen molar-refractivity contribution in [1.82, 2.24) is 0 Å². The molecular formula is C81H158O17P2. The highest BCUT2D eigenvalue weighted by molar-refractivity contribution is 7.47. The Morgan fingerprint density at radius 3 is 0.710 bits per heavy atom. The van der Waals surface area contributed by atoms with Gasteiger partial charge in [-0.3, -0.25) is 37.3 Å². The van der Waals surface area contributed by atoms with Gasteiger partial charge in [-0.2, -0.15) is 0 Å². The molecule has 0 spiro atoms. The van der Waals surface area contributed by atoms with Crippen molar-refractivity contribution in [2.45, 2.75) is 433 Å². The number of aliphatic hydroxyl groups excluding tert-OH is 1. The van der Waals surface area contributed by atoms with E-state index in [1.807, 2.05) is 0 Å². The van der Waals surface area contributed by atoms with Crippen LogP contribution in [0, 0.1) is 23.7 Å². The van der Waals surface area contributed by atoms with Crippen molar-refractivity contribution in [3.63, 3.8) is 0 Å². The number of unbranched alkanes of at least 4 members (excludes halogenated alkanes) is 43. The Bertz CT molecular complexity index is 1960. The molecule has 594 valence electrons. The Morgan fingerprint density at radius 2 is 0.480 bits per heavy atom. The van der Waals surface area contributed by atoms with Gasteiger partial charge in [0.1, 0.15) is 19.3 Å². The molecule has 0 aliphatic heterocycles. The molecular weight excluding hydrogens is 1310 g/mol. The Labute approximate surface area is 613 Å². The lowest BCUT2D eigenvalue weighted by molar-refractivity contribution is -0.161.